The molecule has 0 spiro atoms. The highest BCUT2D eigenvalue weighted by Gasteiger charge is 2.28. The van der Waals surface area contributed by atoms with Crippen molar-refractivity contribution in [2.45, 2.75) is 31.0 Å². The number of thioether (sulfide) groups is 1. The Morgan fingerprint density at radius 3 is 2.26 bits per heavy atom. The van der Waals surface area contributed by atoms with E-state index in [2.05, 4.69) is 35.2 Å². The van der Waals surface area contributed by atoms with Crippen molar-refractivity contribution < 1.29 is 9.84 Å². The highest BCUT2D eigenvalue weighted by molar-refractivity contribution is 7.99. The molecule has 3 aromatic carbocycles. The van der Waals surface area contributed by atoms with Crippen molar-refractivity contribution in [1.82, 2.24) is 4.90 Å². The zero-order valence-electron chi connectivity index (χ0n) is 17.7. The van der Waals surface area contributed by atoms with E-state index >= 15 is 0 Å². The van der Waals surface area contributed by atoms with Crippen molar-refractivity contribution >= 4 is 11.8 Å². The quantitative estimate of drug-likeness (QED) is 0.598. The van der Waals surface area contributed by atoms with Crippen molar-refractivity contribution in [2.75, 3.05) is 24.7 Å². The summed E-state index contributed by atoms with van der Waals surface area (Å²) in [4.78, 5) is 2.56. The summed E-state index contributed by atoms with van der Waals surface area (Å²) in [5, 5.41) is 11.6. The maximum atomic E-state index is 11.6. The summed E-state index contributed by atoms with van der Waals surface area (Å²) < 4.78 is 6.07. The molecule has 1 N–H and O–H groups in total. The average molecular weight is 432 g/mol. The Kier molecular flexibility index (Phi) is 6.30. The van der Waals surface area contributed by atoms with E-state index in [1.807, 2.05) is 60.3 Å². The van der Waals surface area contributed by atoms with E-state index in [1.54, 1.807) is 0 Å². The maximum absolute atomic E-state index is 11.6. The van der Waals surface area contributed by atoms with E-state index < -0.39 is 6.10 Å². The predicted molar refractivity (Wildman–Crippen MR) is 128 cm³/mol. The van der Waals surface area contributed by atoms with Crippen LogP contribution in [0.2, 0.25) is 0 Å². The van der Waals surface area contributed by atoms with Crippen molar-refractivity contribution in [3.63, 3.8) is 0 Å². The minimum Gasteiger partial charge on any atom is -0.492 e. The van der Waals surface area contributed by atoms with E-state index in [-0.39, 0.29) is 5.92 Å². The lowest BCUT2D eigenvalue weighted by Gasteiger charge is -2.27. The Hall–Kier alpha value is -2.27. The smallest absolute Gasteiger partial charge is 0.123 e. The van der Waals surface area contributed by atoms with Gasteiger partial charge in [0.25, 0.3) is 0 Å². The van der Waals surface area contributed by atoms with E-state index in [4.69, 9.17) is 4.74 Å². The van der Waals surface area contributed by atoms with Gasteiger partial charge in [-0.05, 0) is 41.0 Å². The number of fused-ring (bicyclic) bond motifs is 1. The van der Waals surface area contributed by atoms with Crippen LogP contribution >= 0.6 is 11.8 Å². The van der Waals surface area contributed by atoms with Gasteiger partial charge in [0.15, 0.2) is 0 Å². The van der Waals surface area contributed by atoms with Crippen LogP contribution in [0.1, 0.15) is 40.7 Å². The molecule has 0 aliphatic carbocycles. The number of rotatable bonds is 5. The highest BCUT2D eigenvalue weighted by Crippen LogP contribution is 2.38. The standard InChI is InChI=1S/C27H29NO2S/c29-27(26(20-7-3-1-4-8-20)21-9-5-2-6-10-21)22-11-12-25-23(17-22)18-28(14-15-30-25)24-13-16-31-19-24/h1-12,17,24,26-27,29H,13-16,18-19H2. The van der Waals surface area contributed by atoms with Crippen molar-refractivity contribution in [2.24, 2.45) is 0 Å². The molecule has 2 heterocycles. The first-order valence-corrected chi connectivity index (χ1v) is 12.3. The lowest BCUT2D eigenvalue weighted by molar-refractivity contribution is 0.158. The van der Waals surface area contributed by atoms with Gasteiger partial charge in [0, 0.05) is 36.4 Å². The summed E-state index contributed by atoms with van der Waals surface area (Å²) >= 11 is 2.05. The molecule has 1 saturated heterocycles. The van der Waals surface area contributed by atoms with Gasteiger partial charge in [-0.15, -0.1) is 0 Å². The van der Waals surface area contributed by atoms with Gasteiger partial charge in [-0.3, -0.25) is 4.90 Å². The molecule has 31 heavy (non-hydrogen) atoms. The van der Waals surface area contributed by atoms with Crippen LogP contribution in [0.5, 0.6) is 5.75 Å². The molecule has 2 aliphatic heterocycles. The molecule has 0 aromatic heterocycles. The monoisotopic (exact) mass is 431 g/mol. The SMILES string of the molecule is OC(c1ccc2c(c1)CN(C1CCSC1)CCO2)C(c1ccccc1)c1ccccc1. The highest BCUT2D eigenvalue weighted by atomic mass is 32.2. The largest absolute Gasteiger partial charge is 0.492 e. The van der Waals surface area contributed by atoms with Crippen LogP contribution in [-0.4, -0.2) is 40.7 Å². The van der Waals surface area contributed by atoms with Gasteiger partial charge < -0.3 is 9.84 Å². The second-order valence-corrected chi connectivity index (χ2v) is 9.60. The first-order valence-electron chi connectivity index (χ1n) is 11.1. The van der Waals surface area contributed by atoms with Crippen LogP contribution in [0.4, 0.5) is 0 Å². The van der Waals surface area contributed by atoms with Crippen molar-refractivity contribution in [1.29, 1.82) is 0 Å². The van der Waals surface area contributed by atoms with Crippen LogP contribution in [-0.2, 0) is 6.54 Å². The molecule has 2 aliphatic rings. The number of aliphatic hydroxyl groups excluding tert-OH is 1. The van der Waals surface area contributed by atoms with Crippen LogP contribution in [0.25, 0.3) is 0 Å². The summed E-state index contributed by atoms with van der Waals surface area (Å²) in [6.45, 7) is 2.59. The minimum absolute atomic E-state index is 0.116. The number of benzene rings is 3. The van der Waals surface area contributed by atoms with Gasteiger partial charge in [-0.2, -0.15) is 11.8 Å². The van der Waals surface area contributed by atoms with Gasteiger partial charge >= 0.3 is 0 Å². The predicted octanol–water partition coefficient (Wildman–Crippen LogP) is 5.25. The Morgan fingerprint density at radius 2 is 1.61 bits per heavy atom. The number of ether oxygens (including phenoxy) is 1. The van der Waals surface area contributed by atoms with Crippen molar-refractivity contribution in [3.05, 3.63) is 101 Å². The molecule has 3 aromatic rings. The number of hydrogen-bond acceptors (Lipinski definition) is 4. The fraction of sp³-hybridized carbons (Fsp3) is 0.333. The van der Waals surface area contributed by atoms with Gasteiger partial charge in [-0.25, -0.2) is 0 Å². The lowest BCUT2D eigenvalue weighted by Crippen LogP contribution is -2.36. The first-order chi connectivity index (χ1) is 15.3. The Bertz CT molecular complexity index is 949. The summed E-state index contributed by atoms with van der Waals surface area (Å²) in [6.07, 6.45) is 0.626. The normalized spacial score (nSPS) is 20.1. The molecule has 0 radical (unpaired) electrons. The molecule has 0 saturated carbocycles. The Labute approximate surface area is 189 Å². The number of nitrogens with zero attached hydrogens (tertiary/aromatic N) is 1. The van der Waals surface area contributed by atoms with E-state index in [9.17, 15) is 5.11 Å². The summed E-state index contributed by atoms with van der Waals surface area (Å²) in [7, 11) is 0. The van der Waals surface area contributed by atoms with E-state index in [0.29, 0.717) is 6.04 Å². The molecule has 5 rings (SSSR count). The molecule has 1 fully saturated rings. The molecule has 160 valence electrons. The minimum atomic E-state index is -0.631. The number of aliphatic hydroxyl groups is 1. The molecule has 0 amide bonds. The van der Waals surface area contributed by atoms with Crippen LogP contribution in [0.3, 0.4) is 0 Å². The van der Waals surface area contributed by atoms with Gasteiger partial charge in [-0.1, -0.05) is 66.7 Å². The van der Waals surface area contributed by atoms with Gasteiger partial charge in [0.05, 0.1) is 6.10 Å². The van der Waals surface area contributed by atoms with Crippen molar-refractivity contribution in [3.8, 4) is 5.75 Å². The molecule has 3 nitrogen and oxygen atoms in total. The van der Waals surface area contributed by atoms with Crippen LogP contribution in [0.15, 0.2) is 78.9 Å². The molecular weight excluding hydrogens is 402 g/mol. The summed E-state index contributed by atoms with van der Waals surface area (Å²) in [5.41, 5.74) is 4.38. The second-order valence-electron chi connectivity index (χ2n) is 8.45. The Balaban J connectivity index is 1.47. The maximum Gasteiger partial charge on any atom is 0.123 e. The summed E-state index contributed by atoms with van der Waals surface area (Å²) in [6, 6.07) is 27.5. The van der Waals surface area contributed by atoms with Gasteiger partial charge in [0.1, 0.15) is 12.4 Å². The fourth-order valence-corrected chi connectivity index (χ4v) is 6.07. The van der Waals surface area contributed by atoms with E-state index in [1.165, 1.54) is 23.5 Å². The zero-order valence-corrected chi connectivity index (χ0v) is 18.5. The van der Waals surface area contributed by atoms with E-state index in [0.717, 1.165) is 42.1 Å². The van der Waals surface area contributed by atoms with Crippen LogP contribution < -0.4 is 4.74 Å². The van der Waals surface area contributed by atoms with Gasteiger partial charge in [0.2, 0.25) is 0 Å². The lowest BCUT2D eigenvalue weighted by atomic mass is 9.83. The fourth-order valence-electron chi connectivity index (χ4n) is 4.81. The zero-order chi connectivity index (χ0) is 21.0. The Morgan fingerprint density at radius 1 is 0.903 bits per heavy atom. The third-order valence-corrected chi connectivity index (χ3v) is 7.64. The first kappa shape index (κ1) is 20.6. The molecular formula is C27H29NO2S. The average Bonchev–Trinajstić information content (AvgIpc) is 3.27. The molecule has 2 atom stereocenters. The second kappa shape index (κ2) is 9.47. The number of hydrogen-bond donors (Lipinski definition) is 1. The third-order valence-electron chi connectivity index (χ3n) is 6.49. The molecule has 4 heteroatoms. The third kappa shape index (κ3) is 4.52. The molecule has 2 unspecified atom stereocenters. The topological polar surface area (TPSA) is 32.7 Å². The summed E-state index contributed by atoms with van der Waals surface area (Å²) in [5.74, 6) is 3.31. The van der Waals surface area contributed by atoms with Crippen LogP contribution in [0, 0.1) is 0 Å². The molecule has 0 bridgehead atoms.